The summed E-state index contributed by atoms with van der Waals surface area (Å²) in [6.45, 7) is 3.59. The van der Waals surface area contributed by atoms with Crippen molar-refractivity contribution in [2.75, 3.05) is 25.0 Å². The van der Waals surface area contributed by atoms with Gasteiger partial charge >= 0.3 is 0 Å². The van der Waals surface area contributed by atoms with E-state index in [1.165, 1.54) is 6.33 Å². The van der Waals surface area contributed by atoms with Gasteiger partial charge < -0.3 is 15.4 Å². The molecule has 0 bridgehead atoms. The van der Waals surface area contributed by atoms with Crippen molar-refractivity contribution in [2.45, 2.75) is 12.5 Å². The highest BCUT2D eigenvalue weighted by Gasteiger charge is 2.32. The number of amides is 1. The molecule has 0 spiro atoms. The molecule has 1 aliphatic heterocycles. The van der Waals surface area contributed by atoms with Crippen LogP contribution >= 0.6 is 0 Å². The van der Waals surface area contributed by atoms with E-state index in [0.29, 0.717) is 5.69 Å². The van der Waals surface area contributed by atoms with Crippen molar-refractivity contribution in [1.29, 1.82) is 0 Å². The Balaban J connectivity index is 1.54. The predicted molar refractivity (Wildman–Crippen MR) is 75.0 cm³/mol. The van der Waals surface area contributed by atoms with Crippen LogP contribution < -0.4 is 10.6 Å². The molecule has 1 saturated heterocycles. The van der Waals surface area contributed by atoms with Crippen molar-refractivity contribution >= 4 is 11.6 Å². The zero-order valence-corrected chi connectivity index (χ0v) is 11.6. The van der Waals surface area contributed by atoms with E-state index >= 15 is 0 Å². The second kappa shape index (κ2) is 5.58. The first kappa shape index (κ1) is 13.7. The van der Waals surface area contributed by atoms with Gasteiger partial charge in [0.25, 0.3) is 0 Å². The minimum Gasteiger partial charge on any atom is -0.363 e. The fraction of sp³-hybridized carbons (Fsp3) is 0.385. The summed E-state index contributed by atoms with van der Waals surface area (Å²) in [6, 6.07) is 7.23. The van der Waals surface area contributed by atoms with E-state index in [9.17, 15) is 4.79 Å². The van der Waals surface area contributed by atoms with Crippen molar-refractivity contribution in [3.8, 4) is 5.69 Å². The van der Waals surface area contributed by atoms with Crippen molar-refractivity contribution in [3.05, 3.63) is 30.6 Å². The Labute approximate surface area is 121 Å². The Bertz CT molecular complexity index is 606. The van der Waals surface area contributed by atoms with E-state index in [-0.39, 0.29) is 18.1 Å². The molecule has 0 atom stereocenters. The lowest BCUT2D eigenvalue weighted by molar-refractivity contribution is -0.130. The van der Waals surface area contributed by atoms with Gasteiger partial charge in [-0.05, 0) is 41.6 Å². The number of nitrogens with zero attached hydrogens (tertiary/aromatic N) is 4. The van der Waals surface area contributed by atoms with Gasteiger partial charge in [-0.2, -0.15) is 0 Å². The smallest absolute Gasteiger partial charge is 0.250 e. The summed E-state index contributed by atoms with van der Waals surface area (Å²) >= 11 is 0. The van der Waals surface area contributed by atoms with Gasteiger partial charge in [-0.15, -0.1) is 5.10 Å². The molecule has 110 valence electrons. The van der Waals surface area contributed by atoms with Crippen LogP contribution in [0.2, 0.25) is 0 Å². The van der Waals surface area contributed by atoms with Crippen LogP contribution in [0.15, 0.2) is 30.6 Å². The molecular weight excluding hydrogens is 272 g/mol. The van der Waals surface area contributed by atoms with Crippen LogP contribution in [0.4, 0.5) is 5.69 Å². The van der Waals surface area contributed by atoms with E-state index in [2.05, 4.69) is 26.2 Å². The second-order valence-corrected chi connectivity index (χ2v) is 5.19. The predicted octanol–water partition coefficient (Wildman–Crippen LogP) is -0.0207. The number of tetrazole rings is 1. The Kier molecular flexibility index (Phi) is 3.63. The van der Waals surface area contributed by atoms with Crippen molar-refractivity contribution in [3.63, 3.8) is 0 Å². The third-order valence-corrected chi connectivity index (χ3v) is 3.31. The summed E-state index contributed by atoms with van der Waals surface area (Å²) in [5, 5.41) is 16.8. The largest absolute Gasteiger partial charge is 0.363 e. The quantitative estimate of drug-likeness (QED) is 0.803. The number of anilines is 1. The van der Waals surface area contributed by atoms with Gasteiger partial charge in [0.1, 0.15) is 12.9 Å². The average Bonchev–Trinajstić information content (AvgIpc) is 2.98. The lowest BCUT2D eigenvalue weighted by Crippen LogP contribution is -2.59. The maximum absolute atomic E-state index is 11.8. The molecule has 2 aromatic rings. The number of ether oxygens (including phenoxy) is 1. The van der Waals surface area contributed by atoms with Crippen LogP contribution in [0.25, 0.3) is 5.69 Å². The fourth-order valence-corrected chi connectivity index (χ4v) is 1.99. The number of carbonyl (C=O) groups is 1. The highest BCUT2D eigenvalue weighted by molar-refractivity contribution is 5.91. The normalized spacial score (nSPS) is 16.2. The fourth-order valence-electron chi connectivity index (χ4n) is 1.99. The molecule has 1 aliphatic rings. The van der Waals surface area contributed by atoms with Gasteiger partial charge in [0, 0.05) is 18.8 Å². The molecule has 8 nitrogen and oxygen atoms in total. The molecule has 1 aromatic heterocycles. The van der Waals surface area contributed by atoms with E-state index in [0.717, 1.165) is 18.8 Å². The van der Waals surface area contributed by atoms with Gasteiger partial charge in [0.2, 0.25) is 5.91 Å². The van der Waals surface area contributed by atoms with E-state index < -0.39 is 0 Å². The molecule has 3 rings (SSSR count). The summed E-state index contributed by atoms with van der Waals surface area (Å²) in [5.41, 5.74) is 1.31. The maximum Gasteiger partial charge on any atom is 0.250 e. The SMILES string of the molecule is CC1(OCC(=O)Nc2ccc(-n3cnnn3)cc2)CNC1. The monoisotopic (exact) mass is 288 g/mol. The first-order chi connectivity index (χ1) is 10.1. The molecule has 0 aliphatic carbocycles. The molecule has 1 fully saturated rings. The summed E-state index contributed by atoms with van der Waals surface area (Å²) in [7, 11) is 0. The summed E-state index contributed by atoms with van der Waals surface area (Å²) in [4.78, 5) is 11.8. The van der Waals surface area contributed by atoms with Crippen molar-refractivity contribution in [1.82, 2.24) is 25.5 Å². The number of nitrogens with one attached hydrogen (secondary N) is 2. The molecule has 21 heavy (non-hydrogen) atoms. The Morgan fingerprint density at radius 2 is 2.19 bits per heavy atom. The maximum atomic E-state index is 11.8. The van der Waals surface area contributed by atoms with Gasteiger partial charge in [-0.25, -0.2) is 4.68 Å². The molecule has 0 unspecified atom stereocenters. The van der Waals surface area contributed by atoms with Crippen LogP contribution in [-0.4, -0.2) is 51.4 Å². The second-order valence-electron chi connectivity index (χ2n) is 5.19. The molecule has 8 heteroatoms. The minimum absolute atomic E-state index is 0.0485. The van der Waals surface area contributed by atoms with Crippen LogP contribution in [-0.2, 0) is 9.53 Å². The van der Waals surface area contributed by atoms with Crippen molar-refractivity contribution < 1.29 is 9.53 Å². The molecule has 2 N–H and O–H groups in total. The lowest BCUT2D eigenvalue weighted by Gasteiger charge is -2.38. The van der Waals surface area contributed by atoms with E-state index in [1.807, 2.05) is 19.1 Å². The minimum atomic E-state index is -0.221. The third-order valence-electron chi connectivity index (χ3n) is 3.31. The first-order valence-corrected chi connectivity index (χ1v) is 6.63. The van der Waals surface area contributed by atoms with Gasteiger partial charge in [-0.1, -0.05) is 0 Å². The number of benzene rings is 1. The summed E-state index contributed by atoms with van der Waals surface area (Å²) in [5.74, 6) is -0.168. The number of rotatable bonds is 5. The molecular formula is C13H16N6O2. The molecule has 0 saturated carbocycles. The van der Waals surface area contributed by atoms with Gasteiger partial charge in [0.05, 0.1) is 11.3 Å². The summed E-state index contributed by atoms with van der Waals surface area (Å²) < 4.78 is 7.12. The molecule has 2 heterocycles. The number of aromatic nitrogens is 4. The van der Waals surface area contributed by atoms with E-state index in [1.54, 1.807) is 16.8 Å². The Hall–Kier alpha value is -2.32. The molecule has 1 aromatic carbocycles. The Morgan fingerprint density at radius 3 is 2.76 bits per heavy atom. The van der Waals surface area contributed by atoms with Crippen LogP contribution in [0.1, 0.15) is 6.92 Å². The average molecular weight is 288 g/mol. The Morgan fingerprint density at radius 1 is 1.43 bits per heavy atom. The third kappa shape index (κ3) is 3.23. The number of carbonyl (C=O) groups excluding carboxylic acids is 1. The summed E-state index contributed by atoms with van der Waals surface area (Å²) in [6.07, 6.45) is 1.51. The first-order valence-electron chi connectivity index (χ1n) is 6.63. The van der Waals surface area contributed by atoms with Crippen LogP contribution in [0, 0.1) is 0 Å². The van der Waals surface area contributed by atoms with Gasteiger partial charge in [-0.3, -0.25) is 4.79 Å². The van der Waals surface area contributed by atoms with Crippen LogP contribution in [0.3, 0.4) is 0 Å². The topological polar surface area (TPSA) is 94.0 Å². The molecule has 0 radical (unpaired) electrons. The van der Waals surface area contributed by atoms with E-state index in [4.69, 9.17) is 4.74 Å². The highest BCUT2D eigenvalue weighted by Crippen LogP contribution is 2.15. The highest BCUT2D eigenvalue weighted by atomic mass is 16.5. The lowest BCUT2D eigenvalue weighted by atomic mass is 10.0. The zero-order valence-electron chi connectivity index (χ0n) is 11.6. The van der Waals surface area contributed by atoms with Gasteiger partial charge in [0.15, 0.2) is 0 Å². The van der Waals surface area contributed by atoms with Crippen molar-refractivity contribution in [2.24, 2.45) is 0 Å². The molecule has 1 amide bonds. The standard InChI is InChI=1S/C13H16N6O2/c1-13(7-14-8-13)21-6-12(20)16-10-2-4-11(5-3-10)19-9-15-17-18-19/h2-5,9,14H,6-8H2,1H3,(H,16,20). The van der Waals surface area contributed by atoms with Crippen LogP contribution in [0.5, 0.6) is 0 Å². The zero-order chi connectivity index (χ0) is 14.7. The number of hydrogen-bond acceptors (Lipinski definition) is 6. The number of hydrogen-bond donors (Lipinski definition) is 2.